The predicted octanol–water partition coefficient (Wildman–Crippen LogP) is 6.23. The van der Waals surface area contributed by atoms with Gasteiger partial charge in [-0.1, -0.05) is 84.1 Å². The summed E-state index contributed by atoms with van der Waals surface area (Å²) in [4.78, 5) is 0. The highest BCUT2D eigenvalue weighted by Crippen LogP contribution is 2.43. The van der Waals surface area contributed by atoms with Crippen molar-refractivity contribution >= 4 is 13.3 Å². The molecule has 1 aromatic rings. The maximum Gasteiger partial charge on any atom is 0.111 e. The van der Waals surface area contributed by atoms with E-state index >= 15 is 0 Å². The Labute approximate surface area is 144 Å². The van der Waals surface area contributed by atoms with Gasteiger partial charge < -0.3 is 0 Å². The summed E-state index contributed by atoms with van der Waals surface area (Å²) in [6.07, 6.45) is 2.64. The second-order valence-corrected chi connectivity index (χ2v) is 12.2. The van der Waals surface area contributed by atoms with Crippen molar-refractivity contribution in [2.45, 2.75) is 73.9 Å². The molecule has 0 saturated heterocycles. The van der Waals surface area contributed by atoms with Gasteiger partial charge in [-0.15, -0.1) is 0 Å². The normalized spacial score (nSPS) is 21.1. The summed E-state index contributed by atoms with van der Waals surface area (Å²) in [7, 11) is -1.65. The molecule has 0 N–H and O–H groups in total. The Balaban J connectivity index is 2.62. The minimum atomic E-state index is -1.65. The molecule has 1 heteroatoms. The number of rotatable bonds is 5. The third kappa shape index (κ3) is 3.26. The van der Waals surface area contributed by atoms with Crippen LogP contribution in [0.1, 0.15) is 58.6 Å². The van der Waals surface area contributed by atoms with Crippen LogP contribution >= 0.6 is 0 Å². The van der Waals surface area contributed by atoms with E-state index in [2.05, 4.69) is 73.2 Å². The quantitative estimate of drug-likeness (QED) is 0.562. The monoisotopic (exact) mass is 326 g/mol. The number of benzene rings is 1. The molecule has 1 aliphatic rings. The van der Waals surface area contributed by atoms with Crippen LogP contribution in [-0.4, -0.2) is 8.07 Å². The van der Waals surface area contributed by atoms with E-state index in [1.165, 1.54) is 30.0 Å². The highest BCUT2D eigenvalue weighted by atomic mass is 28.3. The van der Waals surface area contributed by atoms with Crippen molar-refractivity contribution < 1.29 is 0 Å². The van der Waals surface area contributed by atoms with E-state index in [1.54, 1.807) is 27.1 Å². The first-order valence-corrected chi connectivity index (χ1v) is 11.9. The lowest BCUT2D eigenvalue weighted by atomic mass is 10.1. The van der Waals surface area contributed by atoms with Gasteiger partial charge in [0.1, 0.15) is 8.07 Å². The van der Waals surface area contributed by atoms with Gasteiger partial charge in [-0.2, -0.15) is 0 Å². The van der Waals surface area contributed by atoms with Crippen LogP contribution in [0.15, 0.2) is 40.1 Å². The second-order valence-electron chi connectivity index (χ2n) is 7.88. The number of hydrogen-bond acceptors (Lipinski definition) is 0. The van der Waals surface area contributed by atoms with Crippen molar-refractivity contribution in [2.75, 3.05) is 0 Å². The highest BCUT2D eigenvalue weighted by Gasteiger charge is 2.40. The Bertz CT molecular complexity index is 642. The van der Waals surface area contributed by atoms with Gasteiger partial charge in [0.15, 0.2) is 0 Å². The molecule has 2 rings (SSSR count). The van der Waals surface area contributed by atoms with Crippen LogP contribution in [0.4, 0.5) is 0 Å². The second kappa shape index (κ2) is 6.81. The molecular formula is C22H34Si. The van der Waals surface area contributed by atoms with Crippen molar-refractivity contribution in [3.63, 3.8) is 0 Å². The number of aryl methyl sites for hydroxylation is 2. The van der Waals surface area contributed by atoms with Crippen LogP contribution < -0.4 is 5.19 Å². The Morgan fingerprint density at radius 2 is 1.48 bits per heavy atom. The average Bonchev–Trinajstić information content (AvgIpc) is 2.68. The summed E-state index contributed by atoms with van der Waals surface area (Å²) < 4.78 is 0. The first kappa shape index (κ1) is 18.3. The average molecular weight is 327 g/mol. The summed E-state index contributed by atoms with van der Waals surface area (Å²) in [5.41, 5.74) is 7.57. The lowest BCUT2D eigenvalue weighted by Gasteiger charge is -2.34. The van der Waals surface area contributed by atoms with Crippen molar-refractivity contribution in [2.24, 2.45) is 5.92 Å². The molecule has 1 aromatic carbocycles. The Kier molecular flexibility index (Phi) is 5.40. The molecule has 0 spiro atoms. The van der Waals surface area contributed by atoms with E-state index < -0.39 is 8.07 Å². The smallest absolute Gasteiger partial charge is 0.0660 e. The lowest BCUT2D eigenvalue weighted by molar-refractivity contribution is 0.829. The fourth-order valence-corrected chi connectivity index (χ4v) is 9.72. The van der Waals surface area contributed by atoms with Gasteiger partial charge >= 0.3 is 0 Å². The van der Waals surface area contributed by atoms with Gasteiger partial charge in [0.2, 0.25) is 0 Å². The van der Waals surface area contributed by atoms with E-state index in [0.717, 1.165) is 0 Å². The molecule has 0 bridgehead atoms. The molecule has 2 unspecified atom stereocenters. The van der Waals surface area contributed by atoms with Crippen molar-refractivity contribution in [3.8, 4) is 0 Å². The molecule has 126 valence electrons. The van der Waals surface area contributed by atoms with Crippen molar-refractivity contribution in [1.29, 1.82) is 0 Å². The largest absolute Gasteiger partial charge is 0.111 e. The number of hydrogen-bond donors (Lipinski definition) is 0. The summed E-state index contributed by atoms with van der Waals surface area (Å²) in [6.45, 7) is 18.9. The van der Waals surface area contributed by atoms with Gasteiger partial charge in [-0.3, -0.25) is 0 Å². The minimum absolute atomic E-state index is 0.629. The van der Waals surface area contributed by atoms with Crippen LogP contribution in [0.3, 0.4) is 0 Å². The van der Waals surface area contributed by atoms with Gasteiger partial charge in [-0.25, -0.2) is 0 Å². The zero-order valence-corrected chi connectivity index (χ0v) is 17.4. The van der Waals surface area contributed by atoms with Gasteiger partial charge in [-0.05, 0) is 52.2 Å². The van der Waals surface area contributed by atoms with Crippen LogP contribution in [0.25, 0.3) is 0 Å². The Hall–Kier alpha value is -1.08. The molecule has 23 heavy (non-hydrogen) atoms. The SMILES string of the molecule is CCCC[Si](C)(C1=C(C)C(C)=C(C)C1C)c1cc(C)cc(C)c1. The fraction of sp³-hybridized carbons (Fsp3) is 0.545. The minimum Gasteiger partial charge on any atom is -0.0660 e. The van der Waals surface area contributed by atoms with E-state index in [4.69, 9.17) is 0 Å². The zero-order valence-electron chi connectivity index (χ0n) is 16.4. The Morgan fingerprint density at radius 3 is 1.91 bits per heavy atom. The van der Waals surface area contributed by atoms with E-state index in [9.17, 15) is 0 Å². The molecule has 0 nitrogen and oxygen atoms in total. The van der Waals surface area contributed by atoms with Crippen LogP contribution in [0, 0.1) is 19.8 Å². The molecular weight excluding hydrogens is 292 g/mol. The summed E-state index contributed by atoms with van der Waals surface area (Å²) >= 11 is 0. The van der Waals surface area contributed by atoms with Crippen LogP contribution in [-0.2, 0) is 0 Å². The number of unbranched alkanes of at least 4 members (excludes halogenated alkanes) is 1. The van der Waals surface area contributed by atoms with Gasteiger partial charge in [0.25, 0.3) is 0 Å². The molecule has 1 aliphatic carbocycles. The molecule has 0 fully saturated rings. The highest BCUT2D eigenvalue weighted by molar-refractivity contribution is 6.97. The maximum atomic E-state index is 2.62. The van der Waals surface area contributed by atoms with E-state index in [1.807, 2.05) is 0 Å². The fourth-order valence-electron chi connectivity index (χ4n) is 4.51. The molecule has 0 amide bonds. The van der Waals surface area contributed by atoms with Crippen molar-refractivity contribution in [3.05, 3.63) is 51.2 Å². The molecule has 2 atom stereocenters. The molecule has 0 saturated carbocycles. The molecule has 0 radical (unpaired) electrons. The topological polar surface area (TPSA) is 0 Å². The summed E-state index contributed by atoms with van der Waals surface area (Å²) in [6, 6.07) is 8.64. The van der Waals surface area contributed by atoms with Gasteiger partial charge in [0.05, 0.1) is 0 Å². The van der Waals surface area contributed by atoms with Crippen LogP contribution in [0.2, 0.25) is 12.6 Å². The molecule has 0 aliphatic heterocycles. The van der Waals surface area contributed by atoms with Crippen molar-refractivity contribution in [1.82, 2.24) is 0 Å². The first-order valence-electron chi connectivity index (χ1n) is 9.20. The maximum absolute atomic E-state index is 2.62. The van der Waals surface area contributed by atoms with Crippen LogP contribution in [0.5, 0.6) is 0 Å². The zero-order chi connectivity index (χ0) is 17.4. The predicted molar refractivity (Wildman–Crippen MR) is 107 cm³/mol. The summed E-state index contributed by atoms with van der Waals surface area (Å²) in [5.74, 6) is 0.629. The first-order chi connectivity index (χ1) is 10.7. The van der Waals surface area contributed by atoms with E-state index in [0.29, 0.717) is 5.92 Å². The third-order valence-corrected chi connectivity index (χ3v) is 11.0. The number of allylic oxidation sites excluding steroid dienone is 4. The lowest BCUT2D eigenvalue weighted by Crippen LogP contribution is -2.49. The third-order valence-electron chi connectivity index (χ3n) is 6.12. The summed E-state index contributed by atoms with van der Waals surface area (Å²) in [5, 5.41) is 3.44. The standard InChI is InChI=1S/C22H34Si/c1-9-10-11-23(8,21-13-15(2)12-16(3)14-21)22-19(6)17(4)18(5)20(22)7/h12-14,19H,9-11H2,1-8H3. The van der Waals surface area contributed by atoms with E-state index in [-0.39, 0.29) is 0 Å². The molecule has 0 aromatic heterocycles. The van der Waals surface area contributed by atoms with Gasteiger partial charge in [0, 0.05) is 0 Å². The Morgan fingerprint density at radius 1 is 0.913 bits per heavy atom. The molecule has 0 heterocycles.